The van der Waals surface area contributed by atoms with Crippen molar-refractivity contribution < 1.29 is 9.53 Å². The van der Waals surface area contributed by atoms with Crippen LogP contribution < -0.4 is 4.74 Å². The van der Waals surface area contributed by atoms with Crippen LogP contribution in [0.2, 0.25) is 0 Å². The van der Waals surface area contributed by atoms with E-state index in [0.717, 1.165) is 5.56 Å². The van der Waals surface area contributed by atoms with E-state index in [-0.39, 0.29) is 12.4 Å². The summed E-state index contributed by atoms with van der Waals surface area (Å²) in [5, 5.41) is 8.69. The van der Waals surface area contributed by atoms with Gasteiger partial charge in [-0.05, 0) is 42.8 Å². The molecule has 0 spiro atoms. The Morgan fingerprint density at radius 1 is 1.10 bits per heavy atom. The monoisotopic (exact) mass is 281 g/mol. The number of ether oxygens (including phenoxy) is 1. The summed E-state index contributed by atoms with van der Waals surface area (Å²) in [5.74, 6) is 0.609. The number of benzene rings is 2. The molecule has 0 saturated heterocycles. The van der Waals surface area contributed by atoms with E-state index >= 15 is 0 Å². The molecule has 2 aromatic carbocycles. The standard InChI is InChI=1S/C16H13NO2.C2H6/c1-12-4-2-3-5-16(12)19-11-15(18)14-8-6-13(10-17)7-9-14;1-2/h2-9H,11H2,1H3;1-2H3. The average molecular weight is 281 g/mol. The minimum atomic E-state index is -0.104. The molecule has 0 N–H and O–H groups in total. The first-order valence-corrected chi connectivity index (χ1v) is 6.92. The highest BCUT2D eigenvalue weighted by Gasteiger charge is 2.07. The van der Waals surface area contributed by atoms with Gasteiger partial charge in [0, 0.05) is 5.56 Å². The summed E-state index contributed by atoms with van der Waals surface area (Å²) in [7, 11) is 0. The molecule has 2 rings (SSSR count). The minimum Gasteiger partial charge on any atom is -0.485 e. The lowest BCUT2D eigenvalue weighted by Crippen LogP contribution is -2.12. The van der Waals surface area contributed by atoms with Crippen LogP contribution in [0.15, 0.2) is 48.5 Å². The Bertz CT molecular complexity index is 624. The lowest BCUT2D eigenvalue weighted by Gasteiger charge is -2.08. The van der Waals surface area contributed by atoms with E-state index in [1.54, 1.807) is 24.3 Å². The molecule has 0 amide bonds. The van der Waals surface area contributed by atoms with Crippen molar-refractivity contribution in [3.05, 3.63) is 65.2 Å². The van der Waals surface area contributed by atoms with Crippen LogP contribution in [0, 0.1) is 18.3 Å². The van der Waals surface area contributed by atoms with E-state index in [1.807, 2.05) is 51.1 Å². The third kappa shape index (κ3) is 4.77. The van der Waals surface area contributed by atoms with Crippen molar-refractivity contribution in [1.82, 2.24) is 0 Å². The average Bonchev–Trinajstić information content (AvgIpc) is 2.56. The maximum atomic E-state index is 11.9. The molecule has 0 bridgehead atoms. The van der Waals surface area contributed by atoms with Crippen LogP contribution in [-0.4, -0.2) is 12.4 Å². The summed E-state index contributed by atoms with van der Waals surface area (Å²) < 4.78 is 5.49. The third-order valence-electron chi connectivity index (χ3n) is 2.79. The van der Waals surface area contributed by atoms with Gasteiger partial charge in [-0.3, -0.25) is 4.79 Å². The number of rotatable bonds is 4. The van der Waals surface area contributed by atoms with Crippen molar-refractivity contribution in [1.29, 1.82) is 5.26 Å². The van der Waals surface area contributed by atoms with Gasteiger partial charge in [-0.15, -0.1) is 0 Å². The highest BCUT2D eigenvalue weighted by Crippen LogP contribution is 2.16. The number of Topliss-reactive ketones (excluding diaryl/α,β-unsaturated/α-hetero) is 1. The lowest BCUT2D eigenvalue weighted by molar-refractivity contribution is 0.0921. The number of ketones is 1. The Kier molecular flexibility index (Phi) is 6.70. The Morgan fingerprint density at radius 2 is 1.71 bits per heavy atom. The highest BCUT2D eigenvalue weighted by molar-refractivity contribution is 5.97. The maximum Gasteiger partial charge on any atom is 0.200 e. The maximum absolute atomic E-state index is 11.9. The molecule has 3 heteroatoms. The second-order valence-electron chi connectivity index (χ2n) is 4.17. The second kappa shape index (κ2) is 8.55. The highest BCUT2D eigenvalue weighted by atomic mass is 16.5. The largest absolute Gasteiger partial charge is 0.485 e. The van der Waals surface area contributed by atoms with Gasteiger partial charge < -0.3 is 4.74 Å². The van der Waals surface area contributed by atoms with Crippen LogP contribution in [0.3, 0.4) is 0 Å². The summed E-state index contributed by atoms with van der Waals surface area (Å²) in [5.41, 5.74) is 2.08. The van der Waals surface area contributed by atoms with E-state index in [1.165, 1.54) is 0 Å². The SMILES string of the molecule is CC.Cc1ccccc1OCC(=O)c1ccc(C#N)cc1. The van der Waals surface area contributed by atoms with E-state index in [9.17, 15) is 4.79 Å². The first-order chi connectivity index (χ1) is 10.2. The number of carbonyl (C=O) groups is 1. The van der Waals surface area contributed by atoms with Gasteiger partial charge in [-0.1, -0.05) is 32.0 Å². The predicted octanol–water partition coefficient (Wildman–Crippen LogP) is 4.15. The first-order valence-electron chi connectivity index (χ1n) is 6.92. The molecule has 3 nitrogen and oxygen atoms in total. The molecule has 0 aliphatic rings. The molecule has 108 valence electrons. The van der Waals surface area contributed by atoms with Gasteiger partial charge in [-0.2, -0.15) is 5.26 Å². The van der Waals surface area contributed by atoms with Crippen LogP contribution in [0.5, 0.6) is 5.75 Å². The van der Waals surface area contributed by atoms with Crippen molar-refractivity contribution in [2.24, 2.45) is 0 Å². The fourth-order valence-electron chi connectivity index (χ4n) is 1.68. The van der Waals surface area contributed by atoms with E-state index in [0.29, 0.717) is 16.9 Å². The van der Waals surface area contributed by atoms with Gasteiger partial charge >= 0.3 is 0 Å². The summed E-state index contributed by atoms with van der Waals surface area (Å²) in [6, 6.07) is 16.1. The molecule has 0 atom stereocenters. The topological polar surface area (TPSA) is 50.1 Å². The Balaban J connectivity index is 0.00000106. The molecule has 0 aliphatic carbocycles. The van der Waals surface area contributed by atoms with Crippen molar-refractivity contribution in [3.63, 3.8) is 0 Å². The molecule has 0 fully saturated rings. The summed E-state index contributed by atoms with van der Waals surface area (Å²) in [4.78, 5) is 11.9. The Morgan fingerprint density at radius 3 is 2.29 bits per heavy atom. The summed E-state index contributed by atoms with van der Waals surface area (Å²) in [6.07, 6.45) is 0. The zero-order valence-corrected chi connectivity index (χ0v) is 12.6. The van der Waals surface area contributed by atoms with Crippen molar-refractivity contribution in [2.45, 2.75) is 20.8 Å². The van der Waals surface area contributed by atoms with Gasteiger partial charge in [0.05, 0.1) is 11.6 Å². The van der Waals surface area contributed by atoms with Crippen LogP contribution in [-0.2, 0) is 0 Å². The number of nitriles is 1. The molecule has 0 aromatic heterocycles. The lowest BCUT2D eigenvalue weighted by atomic mass is 10.1. The zero-order valence-electron chi connectivity index (χ0n) is 12.6. The predicted molar refractivity (Wildman–Crippen MR) is 83.5 cm³/mol. The minimum absolute atomic E-state index is 0.00322. The summed E-state index contributed by atoms with van der Waals surface area (Å²) in [6.45, 7) is 5.93. The fourth-order valence-corrected chi connectivity index (χ4v) is 1.68. The first kappa shape index (κ1) is 16.5. The molecule has 21 heavy (non-hydrogen) atoms. The van der Waals surface area contributed by atoms with Crippen LogP contribution in [0.25, 0.3) is 0 Å². The molecular weight excluding hydrogens is 262 g/mol. The van der Waals surface area contributed by atoms with E-state index in [2.05, 4.69) is 0 Å². The van der Waals surface area contributed by atoms with Gasteiger partial charge in [0.1, 0.15) is 5.75 Å². The molecular formula is C18H19NO2. The Labute approximate surface area is 125 Å². The van der Waals surface area contributed by atoms with Gasteiger partial charge in [0.2, 0.25) is 0 Å². The number of para-hydroxylation sites is 1. The normalized spacial score (nSPS) is 9.05. The molecule has 0 unspecified atom stereocenters. The molecule has 0 radical (unpaired) electrons. The zero-order chi connectivity index (χ0) is 15.7. The van der Waals surface area contributed by atoms with Crippen LogP contribution in [0.4, 0.5) is 0 Å². The van der Waals surface area contributed by atoms with Crippen molar-refractivity contribution in [3.8, 4) is 11.8 Å². The van der Waals surface area contributed by atoms with Gasteiger partial charge in [0.25, 0.3) is 0 Å². The summed E-state index contributed by atoms with van der Waals surface area (Å²) >= 11 is 0. The third-order valence-corrected chi connectivity index (χ3v) is 2.79. The number of hydrogen-bond acceptors (Lipinski definition) is 3. The van der Waals surface area contributed by atoms with Gasteiger partial charge in [-0.25, -0.2) is 0 Å². The van der Waals surface area contributed by atoms with E-state index < -0.39 is 0 Å². The quantitative estimate of drug-likeness (QED) is 0.791. The van der Waals surface area contributed by atoms with E-state index in [4.69, 9.17) is 10.00 Å². The van der Waals surface area contributed by atoms with Crippen LogP contribution in [0.1, 0.15) is 35.3 Å². The fraction of sp³-hybridized carbons (Fsp3) is 0.222. The van der Waals surface area contributed by atoms with Crippen molar-refractivity contribution >= 4 is 5.78 Å². The van der Waals surface area contributed by atoms with Crippen LogP contribution >= 0.6 is 0 Å². The number of nitrogens with zero attached hydrogens (tertiary/aromatic N) is 1. The molecule has 2 aromatic rings. The van der Waals surface area contributed by atoms with Gasteiger partial charge in [0.15, 0.2) is 12.4 Å². The molecule has 0 aliphatic heterocycles. The number of aryl methyl sites for hydroxylation is 1. The number of hydrogen-bond donors (Lipinski definition) is 0. The smallest absolute Gasteiger partial charge is 0.200 e. The molecule has 0 heterocycles. The molecule has 0 saturated carbocycles. The number of carbonyl (C=O) groups excluding carboxylic acids is 1. The van der Waals surface area contributed by atoms with Crippen molar-refractivity contribution in [2.75, 3.05) is 6.61 Å². The Hall–Kier alpha value is -2.60. The second-order valence-corrected chi connectivity index (χ2v) is 4.17.